The summed E-state index contributed by atoms with van der Waals surface area (Å²) < 4.78 is 0. The Morgan fingerprint density at radius 2 is 1.88 bits per heavy atom. The summed E-state index contributed by atoms with van der Waals surface area (Å²) >= 11 is 0. The second-order valence-electron chi connectivity index (χ2n) is 4.59. The van der Waals surface area contributed by atoms with Gasteiger partial charge >= 0.3 is 5.97 Å². The van der Waals surface area contributed by atoms with Crippen molar-refractivity contribution >= 4 is 11.9 Å². The molecule has 2 N–H and O–H groups in total. The SMILES string of the molecule is O=C(O)C1CCN(C(=O)[C@H]2CCCN2)CC1. The van der Waals surface area contributed by atoms with Crippen molar-refractivity contribution in [1.82, 2.24) is 10.2 Å². The van der Waals surface area contributed by atoms with Gasteiger partial charge in [-0.25, -0.2) is 0 Å². The molecule has 0 aromatic rings. The molecule has 2 aliphatic rings. The average molecular weight is 226 g/mol. The summed E-state index contributed by atoms with van der Waals surface area (Å²) in [6, 6.07) is -0.0265. The minimum Gasteiger partial charge on any atom is -0.481 e. The van der Waals surface area contributed by atoms with E-state index in [0.717, 1.165) is 19.4 Å². The van der Waals surface area contributed by atoms with Crippen LogP contribution in [0.4, 0.5) is 0 Å². The number of carbonyl (C=O) groups excluding carboxylic acids is 1. The largest absolute Gasteiger partial charge is 0.481 e. The van der Waals surface area contributed by atoms with Crippen molar-refractivity contribution < 1.29 is 14.7 Å². The summed E-state index contributed by atoms with van der Waals surface area (Å²) in [4.78, 5) is 24.6. The van der Waals surface area contributed by atoms with Crippen LogP contribution in [0.25, 0.3) is 0 Å². The number of carboxylic acid groups (broad SMARTS) is 1. The number of piperidine rings is 1. The maximum atomic E-state index is 12.0. The van der Waals surface area contributed by atoms with Gasteiger partial charge in [-0.1, -0.05) is 0 Å². The highest BCUT2D eigenvalue weighted by molar-refractivity contribution is 5.82. The molecule has 1 amide bonds. The van der Waals surface area contributed by atoms with Gasteiger partial charge in [0.05, 0.1) is 12.0 Å². The Kier molecular flexibility index (Phi) is 3.43. The Morgan fingerprint density at radius 3 is 2.38 bits per heavy atom. The van der Waals surface area contributed by atoms with E-state index >= 15 is 0 Å². The highest BCUT2D eigenvalue weighted by atomic mass is 16.4. The van der Waals surface area contributed by atoms with Crippen molar-refractivity contribution in [2.45, 2.75) is 31.7 Å². The predicted octanol–water partition coefficient (Wildman–Crippen LogP) is 0.0616. The third-order valence-electron chi connectivity index (χ3n) is 3.51. The van der Waals surface area contributed by atoms with Crippen molar-refractivity contribution in [3.05, 3.63) is 0 Å². The molecular weight excluding hydrogens is 208 g/mol. The molecular formula is C11H18N2O3. The van der Waals surface area contributed by atoms with Crippen LogP contribution in [0, 0.1) is 5.92 Å². The second kappa shape index (κ2) is 4.82. The average Bonchev–Trinajstić information content (AvgIpc) is 2.81. The second-order valence-corrected chi connectivity index (χ2v) is 4.59. The van der Waals surface area contributed by atoms with Gasteiger partial charge in [-0.15, -0.1) is 0 Å². The van der Waals surface area contributed by atoms with Crippen LogP contribution in [0.5, 0.6) is 0 Å². The lowest BCUT2D eigenvalue weighted by atomic mass is 9.96. The Balaban J connectivity index is 1.84. The van der Waals surface area contributed by atoms with Crippen LogP contribution in [0.1, 0.15) is 25.7 Å². The molecule has 2 fully saturated rings. The first-order chi connectivity index (χ1) is 7.68. The molecule has 5 nitrogen and oxygen atoms in total. The van der Waals surface area contributed by atoms with E-state index in [-0.39, 0.29) is 17.9 Å². The molecule has 2 rings (SSSR count). The first-order valence-electron chi connectivity index (χ1n) is 5.93. The van der Waals surface area contributed by atoms with Gasteiger partial charge in [0.25, 0.3) is 0 Å². The molecule has 0 saturated carbocycles. The minimum atomic E-state index is -0.730. The number of hydrogen-bond acceptors (Lipinski definition) is 3. The summed E-state index contributed by atoms with van der Waals surface area (Å²) in [5, 5.41) is 12.0. The standard InChI is InChI=1S/C11H18N2O3/c14-10(9-2-1-5-12-9)13-6-3-8(4-7-13)11(15)16/h8-9,12H,1-7H2,(H,15,16)/t9-/m1/s1. The molecule has 0 bridgehead atoms. The van der Waals surface area contributed by atoms with Crippen LogP contribution < -0.4 is 5.32 Å². The zero-order chi connectivity index (χ0) is 11.5. The number of nitrogens with zero attached hydrogens (tertiary/aromatic N) is 1. The van der Waals surface area contributed by atoms with Crippen molar-refractivity contribution in [3.63, 3.8) is 0 Å². The highest BCUT2D eigenvalue weighted by Gasteiger charge is 2.31. The summed E-state index contributed by atoms with van der Waals surface area (Å²) in [6.45, 7) is 2.10. The summed E-state index contributed by atoms with van der Waals surface area (Å²) in [5.41, 5.74) is 0. The van der Waals surface area contributed by atoms with Crippen molar-refractivity contribution in [2.75, 3.05) is 19.6 Å². The molecule has 0 radical (unpaired) electrons. The summed E-state index contributed by atoms with van der Waals surface area (Å²) in [7, 11) is 0. The number of likely N-dealkylation sites (tertiary alicyclic amines) is 1. The molecule has 0 unspecified atom stereocenters. The molecule has 2 heterocycles. The Hall–Kier alpha value is -1.10. The minimum absolute atomic E-state index is 0.0265. The molecule has 0 aromatic heterocycles. The van der Waals surface area contributed by atoms with Crippen LogP contribution in [-0.4, -0.2) is 47.6 Å². The lowest BCUT2D eigenvalue weighted by molar-refractivity contribution is -0.146. The molecule has 0 spiro atoms. The van der Waals surface area contributed by atoms with Crippen LogP contribution >= 0.6 is 0 Å². The number of carboxylic acids is 1. The van der Waals surface area contributed by atoms with Gasteiger partial charge in [0.2, 0.25) is 5.91 Å². The lowest BCUT2D eigenvalue weighted by Crippen LogP contribution is -2.47. The van der Waals surface area contributed by atoms with Gasteiger partial charge in [-0.2, -0.15) is 0 Å². The molecule has 0 aliphatic carbocycles. The fraction of sp³-hybridized carbons (Fsp3) is 0.818. The van der Waals surface area contributed by atoms with Crippen LogP contribution in [0.3, 0.4) is 0 Å². The molecule has 1 atom stereocenters. The molecule has 16 heavy (non-hydrogen) atoms. The van der Waals surface area contributed by atoms with Gasteiger partial charge < -0.3 is 15.3 Å². The van der Waals surface area contributed by atoms with Crippen LogP contribution in [-0.2, 0) is 9.59 Å². The quantitative estimate of drug-likeness (QED) is 0.698. The van der Waals surface area contributed by atoms with Crippen molar-refractivity contribution in [2.24, 2.45) is 5.92 Å². The van der Waals surface area contributed by atoms with Gasteiger partial charge in [0, 0.05) is 13.1 Å². The Labute approximate surface area is 94.8 Å². The zero-order valence-corrected chi connectivity index (χ0v) is 9.32. The number of amides is 1. The predicted molar refractivity (Wildman–Crippen MR) is 58.0 cm³/mol. The first-order valence-corrected chi connectivity index (χ1v) is 5.93. The van der Waals surface area contributed by atoms with E-state index in [2.05, 4.69) is 5.32 Å². The van der Waals surface area contributed by atoms with Crippen molar-refractivity contribution in [1.29, 1.82) is 0 Å². The number of hydrogen-bond donors (Lipinski definition) is 2. The lowest BCUT2D eigenvalue weighted by Gasteiger charge is -2.31. The number of nitrogens with one attached hydrogen (secondary N) is 1. The van der Waals surface area contributed by atoms with E-state index < -0.39 is 5.97 Å². The molecule has 2 saturated heterocycles. The third-order valence-corrected chi connectivity index (χ3v) is 3.51. The van der Waals surface area contributed by atoms with E-state index in [1.54, 1.807) is 0 Å². The van der Waals surface area contributed by atoms with E-state index in [0.29, 0.717) is 25.9 Å². The van der Waals surface area contributed by atoms with Gasteiger partial charge in [0.1, 0.15) is 0 Å². The van der Waals surface area contributed by atoms with Gasteiger partial charge in [-0.05, 0) is 32.2 Å². The zero-order valence-electron chi connectivity index (χ0n) is 9.32. The number of aliphatic carboxylic acids is 1. The Morgan fingerprint density at radius 1 is 1.19 bits per heavy atom. The summed E-state index contributed by atoms with van der Waals surface area (Å²) in [6.07, 6.45) is 3.15. The van der Waals surface area contributed by atoms with E-state index in [1.807, 2.05) is 4.90 Å². The number of carbonyl (C=O) groups is 2. The third kappa shape index (κ3) is 2.35. The topological polar surface area (TPSA) is 69.6 Å². The van der Waals surface area contributed by atoms with Crippen LogP contribution in [0.2, 0.25) is 0 Å². The van der Waals surface area contributed by atoms with Crippen molar-refractivity contribution in [3.8, 4) is 0 Å². The van der Waals surface area contributed by atoms with E-state index in [9.17, 15) is 9.59 Å². The van der Waals surface area contributed by atoms with E-state index in [4.69, 9.17) is 5.11 Å². The summed E-state index contributed by atoms with van der Waals surface area (Å²) in [5.74, 6) is -0.840. The highest BCUT2D eigenvalue weighted by Crippen LogP contribution is 2.19. The van der Waals surface area contributed by atoms with Gasteiger partial charge in [-0.3, -0.25) is 9.59 Å². The smallest absolute Gasteiger partial charge is 0.306 e. The monoisotopic (exact) mass is 226 g/mol. The van der Waals surface area contributed by atoms with Crippen LogP contribution in [0.15, 0.2) is 0 Å². The molecule has 0 aromatic carbocycles. The normalized spacial score (nSPS) is 27.0. The first kappa shape index (κ1) is 11.4. The fourth-order valence-corrected chi connectivity index (χ4v) is 2.46. The molecule has 5 heteroatoms. The fourth-order valence-electron chi connectivity index (χ4n) is 2.46. The molecule has 90 valence electrons. The number of rotatable bonds is 2. The van der Waals surface area contributed by atoms with Gasteiger partial charge in [0.15, 0.2) is 0 Å². The van der Waals surface area contributed by atoms with E-state index in [1.165, 1.54) is 0 Å². The molecule has 2 aliphatic heterocycles. The maximum absolute atomic E-state index is 12.0. The Bertz CT molecular complexity index is 279. The maximum Gasteiger partial charge on any atom is 0.306 e.